The maximum absolute atomic E-state index is 12.1. The van der Waals surface area contributed by atoms with Gasteiger partial charge in [0.1, 0.15) is 0 Å². The summed E-state index contributed by atoms with van der Waals surface area (Å²) in [5.41, 5.74) is 0.999. The fourth-order valence-corrected chi connectivity index (χ4v) is 2.48. The standard InChI is InChI=1S/C15H10BrClN2O3S/c16-9-3-6-12(17)11(7-9)13(20)19-15(23)18-10-4-1-8(2-5-10)14(21)22/h1-7H,(H,21,22)(H2,18,19,20,23). The molecule has 0 radical (unpaired) electrons. The number of rotatable bonds is 3. The molecule has 0 bridgehead atoms. The van der Waals surface area contributed by atoms with Crippen LogP contribution in [0, 0.1) is 0 Å². The molecule has 118 valence electrons. The van der Waals surface area contributed by atoms with Gasteiger partial charge in [0.15, 0.2) is 5.11 Å². The van der Waals surface area contributed by atoms with Crippen LogP contribution in [0.1, 0.15) is 20.7 Å². The Morgan fingerprint density at radius 2 is 1.78 bits per heavy atom. The number of amides is 1. The van der Waals surface area contributed by atoms with Gasteiger partial charge < -0.3 is 10.4 Å². The number of benzene rings is 2. The molecule has 0 spiro atoms. The van der Waals surface area contributed by atoms with Gasteiger partial charge in [-0.1, -0.05) is 27.5 Å². The van der Waals surface area contributed by atoms with E-state index in [4.69, 9.17) is 28.9 Å². The lowest BCUT2D eigenvalue weighted by molar-refractivity contribution is 0.0696. The Balaban J connectivity index is 2.03. The summed E-state index contributed by atoms with van der Waals surface area (Å²) in [5.74, 6) is -1.47. The Hall–Kier alpha value is -1.96. The van der Waals surface area contributed by atoms with Crippen LogP contribution in [0.5, 0.6) is 0 Å². The van der Waals surface area contributed by atoms with Crippen LogP contribution in [0.4, 0.5) is 5.69 Å². The normalized spacial score (nSPS) is 10.0. The van der Waals surface area contributed by atoms with Crippen LogP contribution in [0.3, 0.4) is 0 Å². The molecule has 0 unspecified atom stereocenters. The van der Waals surface area contributed by atoms with E-state index >= 15 is 0 Å². The average molecular weight is 414 g/mol. The molecule has 0 fully saturated rings. The van der Waals surface area contributed by atoms with E-state index in [9.17, 15) is 9.59 Å². The van der Waals surface area contributed by atoms with Crippen molar-refractivity contribution in [3.05, 3.63) is 63.1 Å². The number of hydrogen-bond acceptors (Lipinski definition) is 3. The Bertz CT molecular complexity index is 781. The van der Waals surface area contributed by atoms with E-state index in [1.54, 1.807) is 30.3 Å². The summed E-state index contributed by atoms with van der Waals surface area (Å²) in [5, 5.41) is 14.5. The van der Waals surface area contributed by atoms with Crippen molar-refractivity contribution < 1.29 is 14.7 Å². The smallest absolute Gasteiger partial charge is 0.335 e. The molecule has 8 heteroatoms. The van der Waals surface area contributed by atoms with E-state index in [0.29, 0.717) is 10.7 Å². The molecule has 2 aromatic carbocycles. The van der Waals surface area contributed by atoms with Crippen molar-refractivity contribution in [3.8, 4) is 0 Å². The molecule has 0 aliphatic carbocycles. The largest absolute Gasteiger partial charge is 0.478 e. The van der Waals surface area contributed by atoms with E-state index in [1.807, 2.05) is 0 Å². The third-order valence-electron chi connectivity index (χ3n) is 2.79. The zero-order chi connectivity index (χ0) is 17.0. The summed E-state index contributed by atoms with van der Waals surface area (Å²) in [6.45, 7) is 0. The molecular formula is C15H10BrClN2O3S. The number of nitrogens with one attached hydrogen (secondary N) is 2. The Morgan fingerprint density at radius 3 is 2.39 bits per heavy atom. The van der Waals surface area contributed by atoms with E-state index in [-0.39, 0.29) is 16.2 Å². The molecule has 0 saturated heterocycles. The first-order valence-corrected chi connectivity index (χ1v) is 7.85. The van der Waals surface area contributed by atoms with Crippen molar-refractivity contribution in [2.24, 2.45) is 0 Å². The van der Waals surface area contributed by atoms with Crippen LogP contribution in [0.2, 0.25) is 5.02 Å². The Morgan fingerprint density at radius 1 is 1.13 bits per heavy atom. The molecule has 2 aromatic rings. The predicted octanol–water partition coefficient (Wildman–Crippen LogP) is 3.93. The lowest BCUT2D eigenvalue weighted by Gasteiger charge is -2.10. The highest BCUT2D eigenvalue weighted by molar-refractivity contribution is 9.10. The molecule has 0 saturated carbocycles. The van der Waals surface area contributed by atoms with Crippen LogP contribution in [0.25, 0.3) is 0 Å². The summed E-state index contributed by atoms with van der Waals surface area (Å²) in [6, 6.07) is 10.9. The first kappa shape index (κ1) is 17.4. The van der Waals surface area contributed by atoms with E-state index in [0.717, 1.165) is 4.47 Å². The number of thiocarbonyl (C=S) groups is 1. The molecule has 23 heavy (non-hydrogen) atoms. The zero-order valence-electron chi connectivity index (χ0n) is 11.5. The van der Waals surface area contributed by atoms with Crippen LogP contribution in [-0.2, 0) is 0 Å². The van der Waals surface area contributed by atoms with E-state index < -0.39 is 11.9 Å². The summed E-state index contributed by atoms with van der Waals surface area (Å²) in [7, 11) is 0. The molecule has 0 aromatic heterocycles. The second kappa shape index (κ2) is 7.54. The fraction of sp³-hybridized carbons (Fsp3) is 0. The molecule has 0 aliphatic rings. The van der Waals surface area contributed by atoms with Gasteiger partial charge in [-0.3, -0.25) is 10.1 Å². The minimum absolute atomic E-state index is 0.0779. The average Bonchev–Trinajstić information content (AvgIpc) is 2.50. The van der Waals surface area contributed by atoms with Crippen molar-refractivity contribution in [2.45, 2.75) is 0 Å². The lowest BCUT2D eigenvalue weighted by Crippen LogP contribution is -2.34. The topological polar surface area (TPSA) is 78.4 Å². The van der Waals surface area contributed by atoms with Crippen LogP contribution >= 0.6 is 39.7 Å². The Kier molecular flexibility index (Phi) is 5.70. The highest BCUT2D eigenvalue weighted by Gasteiger charge is 2.12. The Labute approximate surface area is 150 Å². The van der Waals surface area contributed by atoms with Crippen molar-refractivity contribution in [3.63, 3.8) is 0 Å². The number of anilines is 1. The molecule has 0 aliphatic heterocycles. The quantitative estimate of drug-likeness (QED) is 0.665. The number of carbonyl (C=O) groups is 2. The van der Waals surface area contributed by atoms with Gasteiger partial charge in [0.05, 0.1) is 16.1 Å². The molecule has 5 nitrogen and oxygen atoms in total. The maximum atomic E-state index is 12.1. The first-order valence-electron chi connectivity index (χ1n) is 6.27. The second-order valence-electron chi connectivity index (χ2n) is 4.41. The van der Waals surface area contributed by atoms with E-state index in [2.05, 4.69) is 26.6 Å². The number of carbonyl (C=O) groups excluding carboxylic acids is 1. The van der Waals surface area contributed by atoms with Crippen LogP contribution in [0.15, 0.2) is 46.9 Å². The minimum atomic E-state index is -1.02. The summed E-state index contributed by atoms with van der Waals surface area (Å²) in [6.07, 6.45) is 0. The molecule has 2 rings (SSSR count). The maximum Gasteiger partial charge on any atom is 0.335 e. The highest BCUT2D eigenvalue weighted by Crippen LogP contribution is 2.21. The third-order valence-corrected chi connectivity index (χ3v) is 3.82. The van der Waals surface area contributed by atoms with Gasteiger partial charge in [-0.2, -0.15) is 0 Å². The van der Waals surface area contributed by atoms with Gasteiger partial charge in [-0.25, -0.2) is 4.79 Å². The predicted molar refractivity (Wildman–Crippen MR) is 96.2 cm³/mol. The lowest BCUT2D eigenvalue weighted by atomic mass is 10.2. The number of carboxylic acids is 1. The van der Waals surface area contributed by atoms with Crippen LogP contribution < -0.4 is 10.6 Å². The fourth-order valence-electron chi connectivity index (χ4n) is 1.70. The molecule has 0 heterocycles. The third kappa shape index (κ3) is 4.75. The molecular weight excluding hydrogens is 404 g/mol. The number of carboxylic acid groups (broad SMARTS) is 1. The summed E-state index contributed by atoms with van der Waals surface area (Å²) in [4.78, 5) is 22.9. The van der Waals surface area contributed by atoms with Crippen molar-refractivity contribution in [1.82, 2.24) is 5.32 Å². The van der Waals surface area contributed by atoms with Gasteiger partial charge in [0.25, 0.3) is 5.91 Å². The number of hydrogen-bond donors (Lipinski definition) is 3. The van der Waals surface area contributed by atoms with Gasteiger partial charge >= 0.3 is 5.97 Å². The zero-order valence-corrected chi connectivity index (χ0v) is 14.6. The number of halogens is 2. The van der Waals surface area contributed by atoms with Gasteiger partial charge in [-0.05, 0) is 54.7 Å². The van der Waals surface area contributed by atoms with Crippen molar-refractivity contribution >= 4 is 62.4 Å². The summed E-state index contributed by atoms with van der Waals surface area (Å²) >= 11 is 14.3. The SMILES string of the molecule is O=C(O)c1ccc(NC(=S)NC(=O)c2cc(Br)ccc2Cl)cc1. The summed E-state index contributed by atoms with van der Waals surface area (Å²) < 4.78 is 0.718. The van der Waals surface area contributed by atoms with Crippen molar-refractivity contribution in [1.29, 1.82) is 0 Å². The van der Waals surface area contributed by atoms with Gasteiger partial charge in [-0.15, -0.1) is 0 Å². The second-order valence-corrected chi connectivity index (χ2v) is 6.15. The van der Waals surface area contributed by atoms with Gasteiger partial charge in [0.2, 0.25) is 0 Å². The molecule has 0 atom stereocenters. The molecule has 1 amide bonds. The first-order chi connectivity index (χ1) is 10.9. The van der Waals surface area contributed by atoms with Gasteiger partial charge in [0, 0.05) is 10.2 Å². The van der Waals surface area contributed by atoms with E-state index in [1.165, 1.54) is 12.1 Å². The monoisotopic (exact) mass is 412 g/mol. The van der Waals surface area contributed by atoms with Crippen molar-refractivity contribution in [2.75, 3.05) is 5.32 Å². The van der Waals surface area contributed by atoms with Crippen LogP contribution in [-0.4, -0.2) is 22.1 Å². The molecule has 3 N–H and O–H groups in total. The minimum Gasteiger partial charge on any atom is -0.478 e. The highest BCUT2D eigenvalue weighted by atomic mass is 79.9. The number of aromatic carboxylic acids is 1.